The highest BCUT2D eigenvalue weighted by molar-refractivity contribution is 5.28. The van der Waals surface area contributed by atoms with Gasteiger partial charge in [0.1, 0.15) is 0 Å². The highest BCUT2D eigenvalue weighted by atomic mass is 16.3. The molecule has 2 aromatic carbocycles. The Balaban J connectivity index is 1.59. The molecule has 1 aromatic heterocycles. The van der Waals surface area contributed by atoms with E-state index in [1.807, 2.05) is 12.5 Å². The van der Waals surface area contributed by atoms with Crippen LogP contribution in [0.25, 0.3) is 0 Å². The molecule has 0 amide bonds. The lowest BCUT2D eigenvalue weighted by Gasteiger charge is -2.14. The quantitative estimate of drug-likeness (QED) is 0.687. The summed E-state index contributed by atoms with van der Waals surface area (Å²) in [5.41, 5.74) is 7.47. The van der Waals surface area contributed by atoms with Crippen LogP contribution in [-0.2, 0) is 19.4 Å². The van der Waals surface area contributed by atoms with E-state index in [0.29, 0.717) is 6.42 Å². The number of aliphatic hydroxyl groups is 1. The first-order valence-electron chi connectivity index (χ1n) is 9.29. The molecular weight excluding hydrogens is 320 g/mol. The maximum Gasteiger partial charge on any atom is 0.0951 e. The fourth-order valence-corrected chi connectivity index (χ4v) is 3.56. The highest BCUT2D eigenvalue weighted by Crippen LogP contribution is 2.15. The maximum absolute atomic E-state index is 10.5. The van der Waals surface area contributed by atoms with Gasteiger partial charge < -0.3 is 9.67 Å². The Morgan fingerprint density at radius 1 is 0.962 bits per heavy atom. The van der Waals surface area contributed by atoms with Gasteiger partial charge in [-0.2, -0.15) is 0 Å². The van der Waals surface area contributed by atoms with Crippen molar-refractivity contribution < 1.29 is 5.11 Å². The van der Waals surface area contributed by atoms with Crippen LogP contribution in [0.5, 0.6) is 0 Å². The molecule has 1 heterocycles. The fourth-order valence-electron chi connectivity index (χ4n) is 3.56. The Morgan fingerprint density at radius 2 is 1.69 bits per heavy atom. The van der Waals surface area contributed by atoms with Crippen molar-refractivity contribution >= 4 is 0 Å². The monoisotopic (exact) mass is 348 g/mol. The van der Waals surface area contributed by atoms with Crippen LogP contribution in [0, 0.1) is 20.8 Å². The van der Waals surface area contributed by atoms with Crippen molar-refractivity contribution in [1.82, 2.24) is 9.55 Å². The van der Waals surface area contributed by atoms with Crippen LogP contribution in [0.1, 0.15) is 39.9 Å². The molecule has 1 atom stereocenters. The summed E-state index contributed by atoms with van der Waals surface area (Å²) in [5, 5.41) is 10.5. The van der Waals surface area contributed by atoms with Gasteiger partial charge in [0.2, 0.25) is 0 Å². The molecule has 0 saturated carbocycles. The van der Waals surface area contributed by atoms with E-state index < -0.39 is 0 Å². The van der Waals surface area contributed by atoms with Crippen molar-refractivity contribution in [3.63, 3.8) is 0 Å². The summed E-state index contributed by atoms with van der Waals surface area (Å²) in [5.74, 6) is 0. The second kappa shape index (κ2) is 8.33. The molecule has 0 saturated heterocycles. The molecule has 0 spiro atoms. The normalized spacial score (nSPS) is 12.3. The van der Waals surface area contributed by atoms with E-state index in [-0.39, 0.29) is 6.10 Å². The van der Waals surface area contributed by atoms with Gasteiger partial charge in [-0.25, -0.2) is 4.98 Å². The molecule has 0 fully saturated rings. The zero-order valence-corrected chi connectivity index (χ0v) is 15.9. The van der Waals surface area contributed by atoms with Crippen LogP contribution < -0.4 is 0 Å². The number of hydrogen-bond acceptors (Lipinski definition) is 2. The molecule has 0 bridgehead atoms. The van der Waals surface area contributed by atoms with Crippen LogP contribution in [0.3, 0.4) is 0 Å². The largest absolute Gasteiger partial charge is 0.393 e. The van der Waals surface area contributed by atoms with E-state index in [9.17, 15) is 5.11 Å². The molecule has 1 N–H and O–H groups in total. The molecule has 3 nitrogen and oxygen atoms in total. The summed E-state index contributed by atoms with van der Waals surface area (Å²) in [4.78, 5) is 4.29. The van der Waals surface area contributed by atoms with Crippen molar-refractivity contribution in [2.24, 2.45) is 0 Å². The van der Waals surface area contributed by atoms with Gasteiger partial charge in [-0.05, 0) is 44.7 Å². The third kappa shape index (κ3) is 5.06. The van der Waals surface area contributed by atoms with Crippen LogP contribution in [0.2, 0.25) is 0 Å². The summed E-state index contributed by atoms with van der Waals surface area (Å²) in [6.07, 6.45) is 5.67. The first kappa shape index (κ1) is 18.4. The van der Waals surface area contributed by atoms with E-state index >= 15 is 0 Å². The zero-order chi connectivity index (χ0) is 18.5. The molecular formula is C23H28N2O. The minimum Gasteiger partial charge on any atom is -0.393 e. The first-order chi connectivity index (χ1) is 12.5. The third-order valence-electron chi connectivity index (χ3n) is 4.73. The number of aromatic nitrogens is 2. The van der Waals surface area contributed by atoms with E-state index in [2.05, 4.69) is 72.8 Å². The number of nitrogens with zero attached hydrogens (tertiary/aromatic N) is 2. The molecule has 3 heteroatoms. The smallest absolute Gasteiger partial charge is 0.0951 e. The lowest BCUT2D eigenvalue weighted by Crippen LogP contribution is -2.15. The summed E-state index contributed by atoms with van der Waals surface area (Å²) in [6, 6.07) is 15.1. The van der Waals surface area contributed by atoms with Crippen LogP contribution in [0.15, 0.2) is 55.0 Å². The lowest BCUT2D eigenvalue weighted by molar-refractivity contribution is 0.163. The Kier molecular flexibility index (Phi) is 5.89. The molecule has 0 radical (unpaired) electrons. The predicted molar refractivity (Wildman–Crippen MR) is 106 cm³/mol. The molecule has 0 aliphatic heterocycles. The van der Waals surface area contributed by atoms with Gasteiger partial charge in [0, 0.05) is 24.9 Å². The fraction of sp³-hybridized carbons (Fsp3) is 0.348. The van der Waals surface area contributed by atoms with Crippen LogP contribution in [-0.4, -0.2) is 20.8 Å². The number of imidazole rings is 1. The number of hydrogen-bond donors (Lipinski definition) is 1. The first-order valence-corrected chi connectivity index (χ1v) is 9.29. The Labute approximate surface area is 156 Å². The summed E-state index contributed by atoms with van der Waals surface area (Å²) < 4.78 is 2.13. The minimum atomic E-state index is -0.358. The van der Waals surface area contributed by atoms with E-state index in [0.717, 1.165) is 25.1 Å². The van der Waals surface area contributed by atoms with Gasteiger partial charge >= 0.3 is 0 Å². The van der Waals surface area contributed by atoms with Gasteiger partial charge in [0.15, 0.2) is 0 Å². The van der Waals surface area contributed by atoms with Gasteiger partial charge in [-0.3, -0.25) is 0 Å². The Bertz CT molecular complexity index is 846. The molecule has 26 heavy (non-hydrogen) atoms. The van der Waals surface area contributed by atoms with E-state index in [4.69, 9.17) is 0 Å². The van der Waals surface area contributed by atoms with Crippen LogP contribution in [0.4, 0.5) is 0 Å². The topological polar surface area (TPSA) is 38.1 Å². The minimum absolute atomic E-state index is 0.358. The van der Waals surface area contributed by atoms with Gasteiger partial charge in [-0.1, -0.05) is 59.2 Å². The number of benzene rings is 2. The van der Waals surface area contributed by atoms with Crippen molar-refractivity contribution in [3.05, 3.63) is 88.5 Å². The van der Waals surface area contributed by atoms with Crippen molar-refractivity contribution in [3.8, 4) is 0 Å². The zero-order valence-electron chi connectivity index (χ0n) is 15.9. The van der Waals surface area contributed by atoms with Crippen molar-refractivity contribution in [2.45, 2.75) is 52.7 Å². The van der Waals surface area contributed by atoms with E-state index in [1.54, 1.807) is 0 Å². The summed E-state index contributed by atoms with van der Waals surface area (Å²) in [7, 11) is 0. The molecule has 1 unspecified atom stereocenters. The molecule has 3 rings (SSSR count). The number of rotatable bonds is 7. The number of aryl methyl sites for hydroxylation is 4. The second-order valence-corrected chi connectivity index (χ2v) is 7.39. The third-order valence-corrected chi connectivity index (χ3v) is 4.73. The maximum atomic E-state index is 10.5. The van der Waals surface area contributed by atoms with Gasteiger partial charge in [0.05, 0.1) is 12.4 Å². The number of aliphatic hydroxyl groups excluding tert-OH is 1. The Hall–Kier alpha value is -2.39. The van der Waals surface area contributed by atoms with Gasteiger partial charge in [-0.15, -0.1) is 0 Å². The molecule has 0 aliphatic carbocycles. The molecule has 136 valence electrons. The second-order valence-electron chi connectivity index (χ2n) is 7.39. The van der Waals surface area contributed by atoms with Gasteiger partial charge in [0.25, 0.3) is 0 Å². The lowest BCUT2D eigenvalue weighted by atomic mass is 10.0. The summed E-state index contributed by atoms with van der Waals surface area (Å²) in [6.45, 7) is 7.14. The highest BCUT2D eigenvalue weighted by Gasteiger charge is 2.11. The predicted octanol–water partition coefficient (Wildman–Crippen LogP) is 4.39. The molecule has 3 aromatic rings. The summed E-state index contributed by atoms with van der Waals surface area (Å²) >= 11 is 0. The van der Waals surface area contributed by atoms with Crippen LogP contribution >= 0.6 is 0 Å². The average molecular weight is 348 g/mol. The SMILES string of the molecule is Cc1cc(C)cc(CCC(O)Cc2cncn2Cc2cccc(C)c2)c1. The Morgan fingerprint density at radius 3 is 2.42 bits per heavy atom. The average Bonchev–Trinajstić information content (AvgIpc) is 2.99. The molecule has 0 aliphatic rings. The van der Waals surface area contributed by atoms with Crippen molar-refractivity contribution in [1.29, 1.82) is 0 Å². The standard InChI is InChI=1S/C23H28N2O/c1-17-5-4-6-21(10-17)15-25-16-24-14-22(25)13-23(26)8-7-20-11-18(2)9-19(3)12-20/h4-6,9-12,14,16,23,26H,7-8,13,15H2,1-3H3. The van der Waals surface area contributed by atoms with E-state index in [1.165, 1.54) is 27.8 Å². The van der Waals surface area contributed by atoms with Crippen molar-refractivity contribution in [2.75, 3.05) is 0 Å².